The molecule has 1 saturated carbocycles. The quantitative estimate of drug-likeness (QED) is 0.838. The summed E-state index contributed by atoms with van der Waals surface area (Å²) in [6, 6.07) is 0.435. The standard InChI is InChI=1S/C16H26N2O2/c1-10-11(2)18(12-8-6-7-9-12)14(17)13(10)15(19)20-16(3,4)5/h12H,6-9,17H2,1-5H3. The number of rotatable bonds is 2. The van der Waals surface area contributed by atoms with Gasteiger partial charge in [0.25, 0.3) is 0 Å². The van der Waals surface area contributed by atoms with E-state index in [1.807, 2.05) is 34.6 Å². The van der Waals surface area contributed by atoms with E-state index in [2.05, 4.69) is 4.57 Å². The molecule has 0 bridgehead atoms. The molecule has 20 heavy (non-hydrogen) atoms. The van der Waals surface area contributed by atoms with Crippen LogP contribution in [-0.4, -0.2) is 16.1 Å². The van der Waals surface area contributed by atoms with Crippen molar-refractivity contribution in [1.29, 1.82) is 0 Å². The fraction of sp³-hybridized carbons (Fsp3) is 0.688. The van der Waals surface area contributed by atoms with Gasteiger partial charge < -0.3 is 15.0 Å². The van der Waals surface area contributed by atoms with E-state index in [4.69, 9.17) is 10.5 Å². The minimum absolute atomic E-state index is 0.313. The van der Waals surface area contributed by atoms with Gasteiger partial charge in [0.1, 0.15) is 17.0 Å². The smallest absolute Gasteiger partial charge is 0.342 e. The van der Waals surface area contributed by atoms with E-state index in [0.29, 0.717) is 17.4 Å². The maximum atomic E-state index is 12.4. The van der Waals surface area contributed by atoms with Gasteiger partial charge in [-0.3, -0.25) is 0 Å². The van der Waals surface area contributed by atoms with Crippen molar-refractivity contribution in [2.45, 2.75) is 71.9 Å². The van der Waals surface area contributed by atoms with Crippen LogP contribution in [0.4, 0.5) is 5.82 Å². The summed E-state index contributed by atoms with van der Waals surface area (Å²) in [6.45, 7) is 9.61. The number of carbonyl (C=O) groups is 1. The van der Waals surface area contributed by atoms with E-state index in [1.54, 1.807) is 0 Å². The molecule has 0 unspecified atom stereocenters. The molecule has 0 radical (unpaired) electrons. The molecule has 112 valence electrons. The molecular formula is C16H26N2O2. The van der Waals surface area contributed by atoms with E-state index in [1.165, 1.54) is 12.8 Å². The molecule has 0 amide bonds. The summed E-state index contributed by atoms with van der Waals surface area (Å²) >= 11 is 0. The van der Waals surface area contributed by atoms with Gasteiger partial charge in [-0.25, -0.2) is 4.79 Å². The summed E-state index contributed by atoms with van der Waals surface area (Å²) in [5.41, 5.74) is 8.35. The summed E-state index contributed by atoms with van der Waals surface area (Å²) < 4.78 is 7.62. The molecule has 1 aliphatic carbocycles. The molecule has 1 aliphatic rings. The third-order valence-corrected chi connectivity index (χ3v) is 4.09. The summed E-state index contributed by atoms with van der Waals surface area (Å²) in [6.07, 6.45) is 4.77. The van der Waals surface area contributed by atoms with Crippen LogP contribution in [0.15, 0.2) is 0 Å². The largest absolute Gasteiger partial charge is 0.456 e. The predicted molar refractivity (Wildman–Crippen MR) is 81.0 cm³/mol. The zero-order valence-electron chi connectivity index (χ0n) is 13.2. The van der Waals surface area contributed by atoms with E-state index < -0.39 is 5.60 Å². The SMILES string of the molecule is Cc1c(C(=O)OC(C)(C)C)c(N)n(C2CCCC2)c1C. The first-order chi connectivity index (χ1) is 9.22. The summed E-state index contributed by atoms with van der Waals surface area (Å²) in [5, 5.41) is 0. The van der Waals surface area contributed by atoms with Crippen LogP contribution in [0.5, 0.6) is 0 Å². The molecule has 0 aliphatic heterocycles. The van der Waals surface area contributed by atoms with Crippen LogP contribution in [0, 0.1) is 13.8 Å². The van der Waals surface area contributed by atoms with Crippen molar-refractivity contribution >= 4 is 11.8 Å². The van der Waals surface area contributed by atoms with Crippen LogP contribution < -0.4 is 5.73 Å². The van der Waals surface area contributed by atoms with Crippen LogP contribution in [0.2, 0.25) is 0 Å². The molecule has 0 atom stereocenters. The molecule has 1 fully saturated rings. The molecule has 4 nitrogen and oxygen atoms in total. The number of anilines is 1. The fourth-order valence-corrected chi connectivity index (χ4v) is 3.07. The molecule has 1 heterocycles. The number of nitrogens with two attached hydrogens (primary N) is 1. The van der Waals surface area contributed by atoms with Crippen molar-refractivity contribution in [2.24, 2.45) is 0 Å². The first-order valence-corrected chi connectivity index (χ1v) is 7.42. The molecule has 4 heteroatoms. The second-order valence-corrected chi connectivity index (χ2v) is 6.78. The fourth-order valence-electron chi connectivity index (χ4n) is 3.07. The monoisotopic (exact) mass is 278 g/mol. The van der Waals surface area contributed by atoms with Crippen LogP contribution in [0.3, 0.4) is 0 Å². The van der Waals surface area contributed by atoms with Crippen LogP contribution in [0.25, 0.3) is 0 Å². The van der Waals surface area contributed by atoms with Crippen molar-refractivity contribution in [2.75, 3.05) is 5.73 Å². The van der Waals surface area contributed by atoms with Gasteiger partial charge in [0.05, 0.1) is 0 Å². The van der Waals surface area contributed by atoms with E-state index in [-0.39, 0.29) is 5.97 Å². The lowest BCUT2D eigenvalue weighted by Crippen LogP contribution is -2.24. The minimum atomic E-state index is -0.501. The number of hydrogen-bond acceptors (Lipinski definition) is 3. The summed E-state index contributed by atoms with van der Waals surface area (Å²) in [5.74, 6) is 0.258. The molecule has 2 N–H and O–H groups in total. The number of aromatic nitrogens is 1. The van der Waals surface area contributed by atoms with Crippen LogP contribution in [0.1, 0.15) is 74.1 Å². The molecule has 1 aromatic heterocycles. The lowest BCUT2D eigenvalue weighted by atomic mass is 10.1. The van der Waals surface area contributed by atoms with Gasteiger partial charge in [0.15, 0.2) is 0 Å². The normalized spacial score (nSPS) is 16.6. The maximum absolute atomic E-state index is 12.4. The lowest BCUT2D eigenvalue weighted by Gasteiger charge is -2.20. The molecule has 0 aromatic carbocycles. The zero-order chi connectivity index (χ0) is 15.1. The number of carbonyl (C=O) groups excluding carboxylic acids is 1. The van der Waals surface area contributed by atoms with E-state index in [9.17, 15) is 4.79 Å². The summed E-state index contributed by atoms with van der Waals surface area (Å²) in [7, 11) is 0. The zero-order valence-corrected chi connectivity index (χ0v) is 13.2. The van der Waals surface area contributed by atoms with Crippen molar-refractivity contribution in [1.82, 2.24) is 4.57 Å². The van der Waals surface area contributed by atoms with Crippen molar-refractivity contribution in [3.05, 3.63) is 16.8 Å². The van der Waals surface area contributed by atoms with Crippen LogP contribution >= 0.6 is 0 Å². The average Bonchev–Trinajstić information content (AvgIpc) is 2.86. The highest BCUT2D eigenvalue weighted by Crippen LogP contribution is 2.37. The third kappa shape index (κ3) is 2.69. The first-order valence-electron chi connectivity index (χ1n) is 7.42. The van der Waals surface area contributed by atoms with Gasteiger partial charge >= 0.3 is 5.97 Å². The Morgan fingerprint density at radius 1 is 1.25 bits per heavy atom. The van der Waals surface area contributed by atoms with Crippen molar-refractivity contribution in [3.63, 3.8) is 0 Å². The Morgan fingerprint density at radius 3 is 2.30 bits per heavy atom. The number of esters is 1. The van der Waals surface area contributed by atoms with Gasteiger partial charge in [-0.05, 0) is 53.0 Å². The average molecular weight is 278 g/mol. The molecule has 0 spiro atoms. The van der Waals surface area contributed by atoms with Crippen LogP contribution in [-0.2, 0) is 4.74 Å². The van der Waals surface area contributed by atoms with Gasteiger partial charge in [-0.1, -0.05) is 12.8 Å². The predicted octanol–water partition coefficient (Wildman–Crippen LogP) is 3.76. The lowest BCUT2D eigenvalue weighted by molar-refractivity contribution is 0.00701. The first kappa shape index (κ1) is 14.9. The minimum Gasteiger partial charge on any atom is -0.456 e. The number of hydrogen-bond donors (Lipinski definition) is 1. The van der Waals surface area contributed by atoms with Crippen molar-refractivity contribution < 1.29 is 9.53 Å². The second-order valence-electron chi connectivity index (χ2n) is 6.78. The van der Waals surface area contributed by atoms with Crippen molar-refractivity contribution in [3.8, 4) is 0 Å². The molecule has 2 rings (SSSR count). The highest BCUT2D eigenvalue weighted by Gasteiger charge is 2.29. The van der Waals surface area contributed by atoms with Gasteiger partial charge in [0.2, 0.25) is 0 Å². The Kier molecular flexibility index (Phi) is 3.85. The van der Waals surface area contributed by atoms with Gasteiger partial charge in [-0.15, -0.1) is 0 Å². The Balaban J connectivity index is 2.39. The van der Waals surface area contributed by atoms with E-state index in [0.717, 1.165) is 24.1 Å². The van der Waals surface area contributed by atoms with Gasteiger partial charge in [0, 0.05) is 11.7 Å². The topological polar surface area (TPSA) is 57.2 Å². The Morgan fingerprint density at radius 2 is 1.80 bits per heavy atom. The highest BCUT2D eigenvalue weighted by atomic mass is 16.6. The molecule has 1 aromatic rings. The third-order valence-electron chi connectivity index (χ3n) is 4.09. The highest BCUT2D eigenvalue weighted by molar-refractivity contribution is 5.97. The molecule has 0 saturated heterocycles. The number of nitrogen functional groups attached to an aromatic ring is 1. The Bertz CT molecular complexity index is 518. The summed E-state index contributed by atoms with van der Waals surface area (Å²) in [4.78, 5) is 12.4. The number of nitrogens with zero attached hydrogens (tertiary/aromatic N) is 1. The Labute approximate surface area is 121 Å². The Hall–Kier alpha value is -1.45. The van der Waals surface area contributed by atoms with Gasteiger partial charge in [-0.2, -0.15) is 0 Å². The second kappa shape index (κ2) is 5.15. The maximum Gasteiger partial charge on any atom is 0.342 e. The van der Waals surface area contributed by atoms with E-state index >= 15 is 0 Å². The number of ether oxygens (including phenoxy) is 1. The molecular weight excluding hydrogens is 252 g/mol.